The van der Waals surface area contributed by atoms with Crippen LogP contribution < -0.4 is 5.73 Å². The molecular weight excluding hydrogens is 308 g/mol. The Kier molecular flexibility index (Phi) is 6.23. The lowest BCUT2D eigenvalue weighted by molar-refractivity contribution is 0.337. The molecule has 0 saturated carbocycles. The van der Waals surface area contributed by atoms with Crippen LogP contribution in [0.1, 0.15) is 38.3 Å². The van der Waals surface area contributed by atoms with Gasteiger partial charge in [0.25, 0.3) is 0 Å². The highest BCUT2D eigenvalue weighted by Crippen LogP contribution is 2.28. The predicted octanol–water partition coefficient (Wildman–Crippen LogP) is 3.16. The van der Waals surface area contributed by atoms with Crippen molar-refractivity contribution >= 4 is 21.6 Å². The largest absolute Gasteiger partial charge is 0.326 e. The van der Waals surface area contributed by atoms with Gasteiger partial charge in [0.15, 0.2) is 0 Å². The van der Waals surface area contributed by atoms with Gasteiger partial charge in [-0.1, -0.05) is 25.4 Å². The van der Waals surface area contributed by atoms with Gasteiger partial charge in [-0.3, -0.25) is 0 Å². The fraction of sp³-hybridized carbons (Fsp3) is 0.600. The lowest BCUT2D eigenvalue weighted by Gasteiger charge is -2.26. The zero-order chi connectivity index (χ0) is 16.4. The molecule has 2 N–H and O–H groups in total. The van der Waals surface area contributed by atoms with Crippen molar-refractivity contribution in [1.82, 2.24) is 4.31 Å². The molecule has 21 heavy (non-hydrogen) atoms. The minimum absolute atomic E-state index is 0.0743. The Morgan fingerprint density at radius 1 is 1.29 bits per heavy atom. The van der Waals surface area contributed by atoms with Gasteiger partial charge in [-0.15, -0.1) is 0 Å². The van der Waals surface area contributed by atoms with E-state index in [1.165, 1.54) is 10.4 Å². The van der Waals surface area contributed by atoms with Crippen LogP contribution in [-0.4, -0.2) is 25.8 Å². The van der Waals surface area contributed by atoms with Crippen molar-refractivity contribution in [2.75, 3.05) is 7.05 Å². The molecule has 0 spiro atoms. The van der Waals surface area contributed by atoms with Crippen LogP contribution in [0.5, 0.6) is 0 Å². The first-order chi connectivity index (χ1) is 9.61. The second-order valence-corrected chi connectivity index (χ2v) is 8.29. The van der Waals surface area contributed by atoms with Crippen LogP contribution in [0.25, 0.3) is 0 Å². The second kappa shape index (κ2) is 7.09. The van der Waals surface area contributed by atoms with Crippen molar-refractivity contribution in [1.29, 1.82) is 0 Å². The van der Waals surface area contributed by atoms with E-state index in [1.807, 2.05) is 6.92 Å². The summed E-state index contributed by atoms with van der Waals surface area (Å²) in [5.74, 6) is 0.428. The molecule has 1 rings (SSSR count). The maximum absolute atomic E-state index is 12.8. The van der Waals surface area contributed by atoms with Crippen molar-refractivity contribution in [3.8, 4) is 0 Å². The highest BCUT2D eigenvalue weighted by Gasteiger charge is 2.28. The summed E-state index contributed by atoms with van der Waals surface area (Å²) in [4.78, 5) is 0.244. The van der Waals surface area contributed by atoms with Crippen LogP contribution >= 0.6 is 11.6 Å². The summed E-state index contributed by atoms with van der Waals surface area (Å²) < 4.78 is 27.1. The summed E-state index contributed by atoms with van der Waals surface area (Å²) in [6, 6.07) is 3.15. The van der Waals surface area contributed by atoms with Gasteiger partial charge in [-0.05, 0) is 49.4 Å². The molecule has 120 valence electrons. The Hall–Kier alpha value is -0.620. The van der Waals surface area contributed by atoms with Crippen LogP contribution in [-0.2, 0) is 16.6 Å². The average Bonchev–Trinajstić information content (AvgIpc) is 2.38. The topological polar surface area (TPSA) is 63.4 Å². The van der Waals surface area contributed by atoms with Crippen LogP contribution in [0.2, 0.25) is 5.02 Å². The van der Waals surface area contributed by atoms with E-state index < -0.39 is 10.0 Å². The SMILES string of the molecule is Cc1c(CN)cc(Cl)cc1S(=O)(=O)N(C)C(C)CC(C)C. The quantitative estimate of drug-likeness (QED) is 0.870. The molecule has 1 aromatic carbocycles. The maximum Gasteiger partial charge on any atom is 0.243 e. The van der Waals surface area contributed by atoms with Gasteiger partial charge >= 0.3 is 0 Å². The first kappa shape index (κ1) is 18.4. The lowest BCUT2D eigenvalue weighted by atomic mass is 10.1. The van der Waals surface area contributed by atoms with Gasteiger partial charge in [0.05, 0.1) is 4.90 Å². The summed E-state index contributed by atoms with van der Waals surface area (Å²) in [6.45, 7) is 8.11. The summed E-state index contributed by atoms with van der Waals surface area (Å²) in [7, 11) is -1.96. The molecule has 1 atom stereocenters. The van der Waals surface area contributed by atoms with E-state index in [-0.39, 0.29) is 17.5 Å². The highest BCUT2D eigenvalue weighted by molar-refractivity contribution is 7.89. The molecular formula is C15H25ClN2O2S. The molecule has 0 heterocycles. The number of rotatable bonds is 6. The maximum atomic E-state index is 12.8. The molecule has 0 bridgehead atoms. The smallest absolute Gasteiger partial charge is 0.243 e. The van der Waals surface area contributed by atoms with E-state index in [2.05, 4.69) is 13.8 Å². The molecule has 0 aliphatic carbocycles. The minimum atomic E-state index is -3.58. The fourth-order valence-corrected chi connectivity index (χ4v) is 4.38. The Morgan fingerprint density at radius 3 is 2.33 bits per heavy atom. The monoisotopic (exact) mass is 332 g/mol. The number of sulfonamides is 1. The molecule has 0 aliphatic rings. The number of nitrogens with two attached hydrogens (primary N) is 1. The molecule has 0 saturated heterocycles. The standard InChI is InChI=1S/C15H25ClN2O2S/c1-10(2)6-11(3)18(5)21(19,20)15-8-14(16)7-13(9-17)12(15)4/h7-8,10-11H,6,9,17H2,1-5H3. The third-order valence-electron chi connectivity index (χ3n) is 3.74. The van der Waals surface area contributed by atoms with Crippen molar-refractivity contribution in [2.45, 2.75) is 51.6 Å². The summed E-state index contributed by atoms with van der Waals surface area (Å²) >= 11 is 6.04. The van der Waals surface area contributed by atoms with Crippen LogP contribution in [0.15, 0.2) is 17.0 Å². The van der Waals surface area contributed by atoms with E-state index in [9.17, 15) is 8.42 Å². The molecule has 1 aromatic rings. The van der Waals surface area contributed by atoms with Gasteiger partial charge in [0.2, 0.25) is 10.0 Å². The van der Waals surface area contributed by atoms with Gasteiger partial charge in [0.1, 0.15) is 0 Å². The third kappa shape index (κ3) is 4.19. The van der Waals surface area contributed by atoms with Crippen LogP contribution in [0.3, 0.4) is 0 Å². The first-order valence-corrected chi connectivity index (χ1v) is 8.90. The molecule has 0 aromatic heterocycles. The van der Waals surface area contributed by atoms with E-state index in [0.29, 0.717) is 16.5 Å². The Balaban J connectivity index is 3.28. The van der Waals surface area contributed by atoms with Crippen LogP contribution in [0.4, 0.5) is 0 Å². The summed E-state index contributed by atoms with van der Waals surface area (Å²) in [5.41, 5.74) is 7.09. The number of hydrogen-bond acceptors (Lipinski definition) is 3. The zero-order valence-electron chi connectivity index (χ0n) is 13.4. The Morgan fingerprint density at radius 2 is 1.86 bits per heavy atom. The van der Waals surface area contributed by atoms with Crippen molar-refractivity contribution in [2.24, 2.45) is 11.7 Å². The zero-order valence-corrected chi connectivity index (χ0v) is 14.9. The number of halogens is 1. The molecule has 0 fully saturated rings. The van der Waals surface area contributed by atoms with Crippen molar-refractivity contribution in [3.05, 3.63) is 28.3 Å². The first-order valence-electron chi connectivity index (χ1n) is 7.08. The fourth-order valence-electron chi connectivity index (χ4n) is 2.41. The molecule has 4 nitrogen and oxygen atoms in total. The van der Waals surface area contributed by atoms with E-state index in [1.54, 1.807) is 20.0 Å². The predicted molar refractivity (Wildman–Crippen MR) is 87.9 cm³/mol. The average molecular weight is 333 g/mol. The van der Waals surface area contributed by atoms with Gasteiger partial charge in [-0.2, -0.15) is 4.31 Å². The number of hydrogen-bond donors (Lipinski definition) is 1. The second-order valence-electron chi connectivity index (χ2n) is 5.89. The molecule has 0 aliphatic heterocycles. The van der Waals surface area contributed by atoms with E-state index >= 15 is 0 Å². The number of benzene rings is 1. The normalized spacial score (nSPS) is 14.0. The molecule has 0 amide bonds. The highest BCUT2D eigenvalue weighted by atomic mass is 35.5. The molecule has 6 heteroatoms. The minimum Gasteiger partial charge on any atom is -0.326 e. The summed E-state index contributed by atoms with van der Waals surface area (Å²) in [5, 5.41) is 0.393. The van der Waals surface area contributed by atoms with E-state index in [4.69, 9.17) is 17.3 Å². The Labute approximate surface area is 133 Å². The summed E-state index contributed by atoms with van der Waals surface area (Å²) in [6.07, 6.45) is 0.805. The van der Waals surface area contributed by atoms with Gasteiger partial charge in [-0.25, -0.2) is 8.42 Å². The number of nitrogens with zero attached hydrogens (tertiary/aromatic N) is 1. The van der Waals surface area contributed by atoms with Crippen molar-refractivity contribution in [3.63, 3.8) is 0 Å². The molecule has 1 unspecified atom stereocenters. The third-order valence-corrected chi connectivity index (χ3v) is 6.06. The van der Waals surface area contributed by atoms with Gasteiger partial charge in [0, 0.05) is 24.7 Å². The van der Waals surface area contributed by atoms with Crippen LogP contribution in [0, 0.1) is 12.8 Å². The Bertz CT molecular complexity index is 600. The lowest BCUT2D eigenvalue weighted by Crippen LogP contribution is -2.36. The van der Waals surface area contributed by atoms with Gasteiger partial charge < -0.3 is 5.73 Å². The molecule has 0 radical (unpaired) electrons. The van der Waals surface area contributed by atoms with Crippen molar-refractivity contribution < 1.29 is 8.42 Å². The van der Waals surface area contributed by atoms with E-state index in [0.717, 1.165) is 12.0 Å².